The van der Waals surface area contributed by atoms with E-state index in [0.29, 0.717) is 18.9 Å². The van der Waals surface area contributed by atoms with Gasteiger partial charge in [-0.2, -0.15) is 13.2 Å². The van der Waals surface area contributed by atoms with Crippen LogP contribution < -0.4 is 16.0 Å². The molecule has 1 aromatic carbocycles. The molecule has 7 nitrogen and oxygen atoms in total. The molecule has 1 atom stereocenters. The third kappa shape index (κ3) is 6.37. The van der Waals surface area contributed by atoms with Gasteiger partial charge in [-0.05, 0) is 52.7 Å². The lowest BCUT2D eigenvalue weighted by atomic mass is 10.1. The van der Waals surface area contributed by atoms with Crippen molar-refractivity contribution in [1.82, 2.24) is 15.6 Å². The minimum atomic E-state index is -4.83. The summed E-state index contributed by atoms with van der Waals surface area (Å²) in [5.74, 6) is -2.66. The standard InChI is InChI=1S/C23H25F5N4O3/c1-12(30-19(33)22(8-9-22)32-20(34)35-21(2,3)4)17-16(25)10-13(11-29-17)31-18-14(23(26,27)28)6-5-7-15(18)24/h5-7,10-12,31H,8-9H2,1-4H3,(H,30,33)(H,32,34). The number of pyridine rings is 1. The van der Waals surface area contributed by atoms with Gasteiger partial charge in [0.25, 0.3) is 0 Å². The molecule has 0 radical (unpaired) electrons. The van der Waals surface area contributed by atoms with Crippen molar-refractivity contribution in [2.75, 3.05) is 5.32 Å². The van der Waals surface area contributed by atoms with Gasteiger partial charge < -0.3 is 20.7 Å². The summed E-state index contributed by atoms with van der Waals surface area (Å²) in [7, 11) is 0. The molecule has 3 N–H and O–H groups in total. The Labute approximate surface area is 198 Å². The predicted molar refractivity (Wildman–Crippen MR) is 117 cm³/mol. The van der Waals surface area contributed by atoms with Crippen molar-refractivity contribution in [2.45, 2.75) is 63.9 Å². The van der Waals surface area contributed by atoms with E-state index < -0.39 is 58.2 Å². The molecule has 35 heavy (non-hydrogen) atoms. The number of benzene rings is 1. The molecule has 0 spiro atoms. The highest BCUT2D eigenvalue weighted by atomic mass is 19.4. The smallest absolute Gasteiger partial charge is 0.418 e. The van der Waals surface area contributed by atoms with Gasteiger partial charge in [0.05, 0.1) is 34.9 Å². The Morgan fingerprint density at radius 1 is 1.11 bits per heavy atom. The number of rotatable bonds is 6. The Morgan fingerprint density at radius 3 is 2.31 bits per heavy atom. The van der Waals surface area contributed by atoms with Gasteiger partial charge in [-0.1, -0.05) is 6.07 Å². The molecule has 3 rings (SSSR count). The van der Waals surface area contributed by atoms with Crippen LogP contribution in [0.3, 0.4) is 0 Å². The molecule has 1 fully saturated rings. The van der Waals surface area contributed by atoms with Gasteiger partial charge >= 0.3 is 12.3 Å². The minimum absolute atomic E-state index is 0.193. The number of ether oxygens (including phenoxy) is 1. The average molecular weight is 500 g/mol. The van der Waals surface area contributed by atoms with E-state index in [1.165, 1.54) is 6.92 Å². The number of hydrogen-bond acceptors (Lipinski definition) is 5. The van der Waals surface area contributed by atoms with Crippen molar-refractivity contribution in [3.8, 4) is 0 Å². The number of hydrogen-bond donors (Lipinski definition) is 3. The van der Waals surface area contributed by atoms with E-state index in [1.807, 2.05) is 0 Å². The van der Waals surface area contributed by atoms with Crippen LogP contribution in [0.15, 0.2) is 30.5 Å². The van der Waals surface area contributed by atoms with Crippen molar-refractivity contribution in [1.29, 1.82) is 0 Å². The van der Waals surface area contributed by atoms with E-state index in [1.54, 1.807) is 20.8 Å². The van der Waals surface area contributed by atoms with E-state index in [-0.39, 0.29) is 11.4 Å². The van der Waals surface area contributed by atoms with Crippen LogP contribution >= 0.6 is 0 Å². The second-order valence-corrected chi connectivity index (χ2v) is 9.28. The highest BCUT2D eigenvalue weighted by molar-refractivity contribution is 5.93. The minimum Gasteiger partial charge on any atom is -0.444 e. The normalized spacial score (nSPS) is 15.7. The molecule has 1 aromatic heterocycles. The van der Waals surface area contributed by atoms with E-state index in [0.717, 1.165) is 24.4 Å². The van der Waals surface area contributed by atoms with E-state index in [9.17, 15) is 31.5 Å². The first kappa shape index (κ1) is 26.2. The molecule has 12 heteroatoms. The first-order valence-corrected chi connectivity index (χ1v) is 10.7. The number of carbonyl (C=O) groups excluding carboxylic acids is 2. The van der Waals surface area contributed by atoms with Gasteiger partial charge in [0.1, 0.15) is 22.8 Å². The van der Waals surface area contributed by atoms with Gasteiger partial charge in [0.2, 0.25) is 5.91 Å². The number of nitrogens with one attached hydrogen (secondary N) is 3. The molecule has 2 aromatic rings. The van der Waals surface area contributed by atoms with Crippen LogP contribution in [0.25, 0.3) is 0 Å². The molecule has 1 aliphatic carbocycles. The second-order valence-electron chi connectivity index (χ2n) is 9.28. The summed E-state index contributed by atoms with van der Waals surface area (Å²) in [6.45, 7) is 6.49. The zero-order valence-corrected chi connectivity index (χ0v) is 19.4. The van der Waals surface area contributed by atoms with Crippen LogP contribution in [0, 0.1) is 11.6 Å². The average Bonchev–Trinajstić information content (AvgIpc) is 3.47. The largest absolute Gasteiger partial charge is 0.444 e. The zero-order chi connectivity index (χ0) is 26.2. The third-order valence-electron chi connectivity index (χ3n) is 5.14. The Bertz CT molecular complexity index is 1130. The van der Waals surface area contributed by atoms with Crippen LogP contribution in [0.5, 0.6) is 0 Å². The van der Waals surface area contributed by atoms with Crippen molar-refractivity contribution in [3.05, 3.63) is 53.4 Å². The van der Waals surface area contributed by atoms with Crippen molar-refractivity contribution >= 4 is 23.4 Å². The number of anilines is 2. The van der Waals surface area contributed by atoms with Crippen LogP contribution in [-0.2, 0) is 15.7 Å². The summed E-state index contributed by atoms with van der Waals surface area (Å²) in [6, 6.07) is 2.37. The number of alkyl halides is 3. The van der Waals surface area contributed by atoms with E-state index in [2.05, 4.69) is 20.9 Å². The summed E-state index contributed by atoms with van der Waals surface area (Å²) in [5.41, 5.74) is -4.45. The first-order chi connectivity index (χ1) is 16.1. The lowest BCUT2D eigenvalue weighted by Gasteiger charge is -2.24. The van der Waals surface area contributed by atoms with Gasteiger partial charge in [0.15, 0.2) is 0 Å². The van der Waals surface area contributed by atoms with Gasteiger partial charge in [-0.15, -0.1) is 0 Å². The van der Waals surface area contributed by atoms with Crippen LogP contribution in [0.4, 0.5) is 38.1 Å². The number of halogens is 5. The molecule has 0 bridgehead atoms. The van der Waals surface area contributed by atoms with Crippen molar-refractivity contribution in [2.24, 2.45) is 0 Å². The monoisotopic (exact) mass is 500 g/mol. The second kappa shape index (κ2) is 9.31. The maximum Gasteiger partial charge on any atom is 0.418 e. The SMILES string of the molecule is CC(NC(=O)C1(NC(=O)OC(C)(C)C)CC1)c1ncc(Nc2c(F)cccc2C(F)(F)F)cc1F. The van der Waals surface area contributed by atoms with Crippen molar-refractivity contribution in [3.63, 3.8) is 0 Å². The molecule has 1 saturated carbocycles. The zero-order valence-electron chi connectivity index (χ0n) is 19.4. The Hall–Kier alpha value is -3.44. The number of nitrogens with zero attached hydrogens (tertiary/aromatic N) is 1. The highest BCUT2D eigenvalue weighted by Crippen LogP contribution is 2.38. The summed E-state index contributed by atoms with van der Waals surface area (Å²) >= 11 is 0. The fourth-order valence-electron chi connectivity index (χ4n) is 3.30. The maximum absolute atomic E-state index is 14.7. The number of carbonyl (C=O) groups is 2. The Kier molecular flexibility index (Phi) is 6.96. The lowest BCUT2D eigenvalue weighted by Crippen LogP contribution is -2.50. The fourth-order valence-corrected chi connectivity index (χ4v) is 3.30. The van der Waals surface area contributed by atoms with Crippen LogP contribution in [0.2, 0.25) is 0 Å². The highest BCUT2D eigenvalue weighted by Gasteiger charge is 2.52. The number of aromatic nitrogens is 1. The maximum atomic E-state index is 14.7. The molecule has 190 valence electrons. The van der Waals surface area contributed by atoms with E-state index >= 15 is 0 Å². The summed E-state index contributed by atoms with van der Waals surface area (Å²) in [5, 5.41) is 7.33. The topological polar surface area (TPSA) is 92.4 Å². The van der Waals surface area contributed by atoms with Gasteiger partial charge in [-0.25, -0.2) is 13.6 Å². The third-order valence-corrected chi connectivity index (χ3v) is 5.14. The molecule has 1 aliphatic rings. The Morgan fingerprint density at radius 2 is 1.77 bits per heavy atom. The summed E-state index contributed by atoms with van der Waals surface area (Å²) in [6.07, 6.45) is -3.83. The van der Waals surface area contributed by atoms with Crippen LogP contribution in [-0.4, -0.2) is 28.1 Å². The quantitative estimate of drug-likeness (QED) is 0.465. The molecule has 0 aliphatic heterocycles. The van der Waals surface area contributed by atoms with Gasteiger partial charge in [0, 0.05) is 6.07 Å². The van der Waals surface area contributed by atoms with E-state index in [4.69, 9.17) is 4.74 Å². The van der Waals surface area contributed by atoms with Gasteiger partial charge in [-0.3, -0.25) is 9.78 Å². The predicted octanol–water partition coefficient (Wildman–Crippen LogP) is 5.36. The first-order valence-electron chi connectivity index (χ1n) is 10.7. The van der Waals surface area contributed by atoms with Crippen molar-refractivity contribution < 1.29 is 36.3 Å². The molecule has 0 saturated heterocycles. The molecule has 1 unspecified atom stereocenters. The molecular weight excluding hydrogens is 475 g/mol. The number of alkyl carbamates (subject to hydrolysis) is 1. The molecule has 2 amide bonds. The lowest BCUT2D eigenvalue weighted by molar-refractivity contribution is -0.137. The molecular formula is C23H25F5N4O3. The number of para-hydroxylation sites is 1. The number of amides is 2. The molecule has 1 heterocycles. The van der Waals surface area contributed by atoms with Crippen LogP contribution in [0.1, 0.15) is 57.8 Å². The Balaban J connectivity index is 1.71. The fraction of sp³-hybridized carbons (Fsp3) is 0.435. The summed E-state index contributed by atoms with van der Waals surface area (Å²) < 4.78 is 73.5. The summed E-state index contributed by atoms with van der Waals surface area (Å²) in [4.78, 5) is 28.6.